The van der Waals surface area contributed by atoms with Crippen molar-refractivity contribution >= 4 is 0 Å². The number of nitrogens with one attached hydrogen (secondary N) is 1. The maximum atomic E-state index is 9.48. The Labute approximate surface area is 118 Å². The highest BCUT2D eigenvalue weighted by molar-refractivity contribution is 4.90. The fraction of sp³-hybridized carbons (Fsp3) is 1.00. The van der Waals surface area contributed by atoms with Gasteiger partial charge in [0.1, 0.15) is 0 Å². The van der Waals surface area contributed by atoms with E-state index in [1.807, 2.05) is 0 Å². The Morgan fingerprint density at radius 2 is 2.05 bits per heavy atom. The van der Waals surface area contributed by atoms with Crippen LogP contribution >= 0.6 is 0 Å². The molecule has 4 nitrogen and oxygen atoms in total. The Kier molecular flexibility index (Phi) is 5.63. The number of hydrogen-bond acceptors (Lipinski definition) is 4. The third-order valence-corrected chi connectivity index (χ3v) is 4.70. The normalized spacial score (nSPS) is 31.4. The fourth-order valence-electron chi connectivity index (χ4n) is 3.84. The summed E-state index contributed by atoms with van der Waals surface area (Å²) in [6.07, 6.45) is 4.02. The SMILES string of the molecule is CC(C)NC(CO)CN1CCC2C(CCCN2C)C1. The fourth-order valence-corrected chi connectivity index (χ4v) is 3.84. The second-order valence-electron chi connectivity index (χ2n) is 6.70. The van der Waals surface area contributed by atoms with E-state index >= 15 is 0 Å². The molecular formula is C15H31N3O. The average molecular weight is 269 g/mol. The lowest BCUT2D eigenvalue weighted by Crippen LogP contribution is -2.55. The van der Waals surface area contributed by atoms with Crippen molar-refractivity contribution in [3.05, 3.63) is 0 Å². The zero-order valence-electron chi connectivity index (χ0n) is 12.8. The first-order valence-electron chi connectivity index (χ1n) is 7.89. The largest absolute Gasteiger partial charge is 0.395 e. The molecule has 0 radical (unpaired) electrons. The summed E-state index contributed by atoms with van der Waals surface area (Å²) in [6.45, 7) is 9.18. The lowest BCUT2D eigenvalue weighted by Gasteiger charge is -2.46. The molecule has 0 aromatic heterocycles. The molecule has 4 heteroatoms. The van der Waals surface area contributed by atoms with Crippen LogP contribution in [0.5, 0.6) is 0 Å². The van der Waals surface area contributed by atoms with Gasteiger partial charge in [-0.3, -0.25) is 0 Å². The van der Waals surface area contributed by atoms with Crippen LogP contribution in [0.25, 0.3) is 0 Å². The van der Waals surface area contributed by atoms with Gasteiger partial charge in [-0.1, -0.05) is 13.8 Å². The molecule has 112 valence electrons. The summed E-state index contributed by atoms with van der Waals surface area (Å²) >= 11 is 0. The number of likely N-dealkylation sites (tertiary alicyclic amines) is 2. The molecule has 2 N–H and O–H groups in total. The van der Waals surface area contributed by atoms with Crippen LogP contribution in [0.4, 0.5) is 0 Å². The van der Waals surface area contributed by atoms with Gasteiger partial charge in [0.2, 0.25) is 0 Å². The molecule has 2 rings (SSSR count). The number of nitrogens with zero attached hydrogens (tertiary/aromatic N) is 2. The van der Waals surface area contributed by atoms with Crippen molar-refractivity contribution in [3.8, 4) is 0 Å². The highest BCUT2D eigenvalue weighted by atomic mass is 16.3. The maximum absolute atomic E-state index is 9.48. The quantitative estimate of drug-likeness (QED) is 0.773. The number of fused-ring (bicyclic) bond motifs is 1. The highest BCUT2D eigenvalue weighted by Crippen LogP contribution is 2.29. The molecule has 2 aliphatic heterocycles. The Bertz CT molecular complexity index is 270. The number of aliphatic hydroxyl groups excluding tert-OH is 1. The molecule has 0 amide bonds. The number of aliphatic hydroxyl groups is 1. The predicted octanol–water partition coefficient (Wildman–Crippen LogP) is 0.761. The van der Waals surface area contributed by atoms with Crippen LogP contribution in [0.15, 0.2) is 0 Å². The maximum Gasteiger partial charge on any atom is 0.0597 e. The van der Waals surface area contributed by atoms with Crippen LogP contribution in [-0.2, 0) is 0 Å². The Balaban J connectivity index is 1.83. The summed E-state index contributed by atoms with van der Waals surface area (Å²) in [5.74, 6) is 0.839. The van der Waals surface area contributed by atoms with Crippen LogP contribution in [0, 0.1) is 5.92 Å². The van der Waals surface area contributed by atoms with Gasteiger partial charge < -0.3 is 20.2 Å². The molecule has 2 fully saturated rings. The van der Waals surface area contributed by atoms with E-state index in [4.69, 9.17) is 0 Å². The van der Waals surface area contributed by atoms with E-state index < -0.39 is 0 Å². The molecule has 2 aliphatic rings. The first-order chi connectivity index (χ1) is 9.10. The van der Waals surface area contributed by atoms with E-state index in [1.165, 1.54) is 38.9 Å². The summed E-state index contributed by atoms with van der Waals surface area (Å²) < 4.78 is 0. The zero-order valence-corrected chi connectivity index (χ0v) is 12.8. The van der Waals surface area contributed by atoms with Gasteiger partial charge in [-0.05, 0) is 45.3 Å². The zero-order chi connectivity index (χ0) is 13.8. The second-order valence-corrected chi connectivity index (χ2v) is 6.70. The lowest BCUT2D eigenvalue weighted by atomic mass is 9.84. The molecule has 0 aliphatic carbocycles. The van der Waals surface area contributed by atoms with Gasteiger partial charge in [0.05, 0.1) is 6.61 Å². The lowest BCUT2D eigenvalue weighted by molar-refractivity contribution is 0.0312. The van der Waals surface area contributed by atoms with Crippen molar-refractivity contribution in [1.29, 1.82) is 0 Å². The molecule has 0 saturated carbocycles. The minimum Gasteiger partial charge on any atom is -0.395 e. The molecule has 3 atom stereocenters. The van der Waals surface area contributed by atoms with Crippen LogP contribution in [0.3, 0.4) is 0 Å². The van der Waals surface area contributed by atoms with Gasteiger partial charge >= 0.3 is 0 Å². The number of piperidine rings is 2. The summed E-state index contributed by atoms with van der Waals surface area (Å²) in [6, 6.07) is 1.46. The summed E-state index contributed by atoms with van der Waals surface area (Å²) in [7, 11) is 2.28. The molecule has 0 aromatic rings. The first kappa shape index (κ1) is 15.2. The van der Waals surface area contributed by atoms with Gasteiger partial charge in [0, 0.05) is 31.2 Å². The Morgan fingerprint density at radius 1 is 1.26 bits per heavy atom. The number of rotatable bonds is 5. The van der Waals surface area contributed by atoms with E-state index in [0.29, 0.717) is 6.04 Å². The van der Waals surface area contributed by atoms with Gasteiger partial charge in [-0.25, -0.2) is 0 Å². The number of hydrogen-bond donors (Lipinski definition) is 2. The third kappa shape index (κ3) is 4.15. The monoisotopic (exact) mass is 269 g/mol. The van der Waals surface area contributed by atoms with Crippen LogP contribution in [0.2, 0.25) is 0 Å². The predicted molar refractivity (Wildman–Crippen MR) is 79.3 cm³/mol. The van der Waals surface area contributed by atoms with Gasteiger partial charge in [-0.2, -0.15) is 0 Å². The molecular weight excluding hydrogens is 238 g/mol. The first-order valence-corrected chi connectivity index (χ1v) is 7.89. The molecule has 3 unspecified atom stereocenters. The van der Waals surface area contributed by atoms with Crippen molar-refractivity contribution in [2.75, 3.05) is 39.8 Å². The van der Waals surface area contributed by atoms with Crippen molar-refractivity contribution < 1.29 is 5.11 Å². The topological polar surface area (TPSA) is 38.7 Å². The smallest absolute Gasteiger partial charge is 0.0597 e. The summed E-state index contributed by atoms with van der Waals surface area (Å²) in [4.78, 5) is 5.11. The molecule has 2 saturated heterocycles. The van der Waals surface area contributed by atoms with E-state index in [1.54, 1.807) is 0 Å². The second kappa shape index (κ2) is 7.02. The standard InChI is InChI=1S/C15H31N3O/c1-12(2)16-14(11-19)10-18-8-6-15-13(9-18)5-4-7-17(15)3/h12-16,19H,4-11H2,1-3H3. The molecule has 19 heavy (non-hydrogen) atoms. The molecule has 2 heterocycles. The van der Waals surface area contributed by atoms with E-state index in [9.17, 15) is 5.11 Å². The highest BCUT2D eigenvalue weighted by Gasteiger charge is 2.34. The van der Waals surface area contributed by atoms with E-state index in [-0.39, 0.29) is 12.6 Å². The Morgan fingerprint density at radius 3 is 2.74 bits per heavy atom. The molecule has 0 bridgehead atoms. The van der Waals surface area contributed by atoms with Crippen molar-refractivity contribution in [2.24, 2.45) is 5.92 Å². The van der Waals surface area contributed by atoms with Crippen LogP contribution in [0.1, 0.15) is 33.1 Å². The minimum absolute atomic E-state index is 0.220. The van der Waals surface area contributed by atoms with Crippen molar-refractivity contribution in [3.63, 3.8) is 0 Å². The van der Waals surface area contributed by atoms with Gasteiger partial charge in [0.25, 0.3) is 0 Å². The summed E-state index contributed by atoms with van der Waals surface area (Å²) in [5, 5.41) is 12.9. The minimum atomic E-state index is 0.220. The summed E-state index contributed by atoms with van der Waals surface area (Å²) in [5.41, 5.74) is 0. The van der Waals surface area contributed by atoms with E-state index in [2.05, 4.69) is 36.0 Å². The molecule has 0 spiro atoms. The van der Waals surface area contributed by atoms with Crippen LogP contribution in [-0.4, -0.2) is 72.9 Å². The van der Waals surface area contributed by atoms with Gasteiger partial charge in [0.15, 0.2) is 0 Å². The van der Waals surface area contributed by atoms with Crippen molar-refractivity contribution in [2.45, 2.75) is 51.2 Å². The van der Waals surface area contributed by atoms with Crippen molar-refractivity contribution in [1.82, 2.24) is 15.1 Å². The van der Waals surface area contributed by atoms with Gasteiger partial charge in [-0.15, -0.1) is 0 Å². The average Bonchev–Trinajstić information content (AvgIpc) is 2.37. The Hall–Kier alpha value is -0.160. The van der Waals surface area contributed by atoms with Crippen LogP contribution < -0.4 is 5.32 Å². The molecule has 0 aromatic carbocycles. The third-order valence-electron chi connectivity index (χ3n) is 4.70. The van der Waals surface area contributed by atoms with E-state index in [0.717, 1.165) is 18.5 Å².